The van der Waals surface area contributed by atoms with Gasteiger partial charge in [-0.3, -0.25) is 9.63 Å². The van der Waals surface area contributed by atoms with Gasteiger partial charge in [0.2, 0.25) is 0 Å². The Labute approximate surface area is 101 Å². The summed E-state index contributed by atoms with van der Waals surface area (Å²) >= 11 is 7.89. The molecular formula is C9H9ClINO2. The Kier molecular flexibility index (Phi) is 4.64. The highest BCUT2D eigenvalue weighted by Gasteiger charge is 2.06. The molecule has 0 bridgehead atoms. The second-order valence-corrected chi connectivity index (χ2v) is 4.06. The topological polar surface area (TPSA) is 38.3 Å². The number of carbonyl (C=O) groups excluding carboxylic acids is 1. The number of hydrogen-bond donors (Lipinski definition) is 1. The van der Waals surface area contributed by atoms with E-state index in [2.05, 4.69) is 28.1 Å². The van der Waals surface area contributed by atoms with Crippen LogP contribution in [0.25, 0.3) is 0 Å². The van der Waals surface area contributed by atoms with E-state index in [0.29, 0.717) is 17.2 Å². The molecule has 0 aliphatic heterocycles. The summed E-state index contributed by atoms with van der Waals surface area (Å²) < 4.78 is 0.841. The Balaban J connectivity index is 2.76. The summed E-state index contributed by atoms with van der Waals surface area (Å²) in [5, 5.41) is 0.638. The second-order valence-electron chi connectivity index (χ2n) is 2.49. The lowest BCUT2D eigenvalue weighted by Crippen LogP contribution is -2.23. The standard InChI is InChI=1S/C9H9ClINO2/c1-2-14-12-9(13)6-3-4-7(10)8(11)5-6/h3-5H,2H2,1H3,(H,12,13). The van der Waals surface area contributed by atoms with Gasteiger partial charge in [0.15, 0.2) is 0 Å². The van der Waals surface area contributed by atoms with Gasteiger partial charge < -0.3 is 0 Å². The highest BCUT2D eigenvalue weighted by atomic mass is 127. The van der Waals surface area contributed by atoms with Crippen LogP contribution in [0.3, 0.4) is 0 Å². The van der Waals surface area contributed by atoms with Crippen molar-refractivity contribution in [2.24, 2.45) is 0 Å². The first-order valence-electron chi connectivity index (χ1n) is 4.02. The Morgan fingerprint density at radius 1 is 1.64 bits per heavy atom. The molecule has 0 unspecified atom stereocenters. The number of carbonyl (C=O) groups is 1. The maximum absolute atomic E-state index is 11.4. The molecular weight excluding hydrogens is 316 g/mol. The minimum atomic E-state index is -0.263. The van der Waals surface area contributed by atoms with Crippen molar-refractivity contribution in [1.82, 2.24) is 5.48 Å². The van der Waals surface area contributed by atoms with Crippen molar-refractivity contribution in [3.05, 3.63) is 32.4 Å². The Bertz CT molecular complexity index is 344. The summed E-state index contributed by atoms with van der Waals surface area (Å²) in [7, 11) is 0. The van der Waals surface area contributed by atoms with Crippen LogP contribution >= 0.6 is 34.2 Å². The molecule has 0 aromatic heterocycles. The van der Waals surface area contributed by atoms with E-state index in [4.69, 9.17) is 16.4 Å². The Hall–Kier alpha value is -0.330. The number of amides is 1. The van der Waals surface area contributed by atoms with Crippen LogP contribution in [0.5, 0.6) is 0 Å². The van der Waals surface area contributed by atoms with Crippen LogP contribution in [-0.2, 0) is 4.84 Å². The normalized spacial score (nSPS) is 9.93. The Morgan fingerprint density at radius 2 is 2.36 bits per heavy atom. The van der Waals surface area contributed by atoms with Crippen molar-refractivity contribution in [2.75, 3.05) is 6.61 Å². The van der Waals surface area contributed by atoms with Crippen molar-refractivity contribution in [3.8, 4) is 0 Å². The fourth-order valence-corrected chi connectivity index (χ4v) is 1.47. The molecule has 0 fully saturated rings. The van der Waals surface area contributed by atoms with Gasteiger partial charge in [0, 0.05) is 9.13 Å². The molecule has 14 heavy (non-hydrogen) atoms. The first kappa shape index (κ1) is 11.7. The zero-order valence-electron chi connectivity index (χ0n) is 7.51. The highest BCUT2D eigenvalue weighted by Crippen LogP contribution is 2.19. The number of benzene rings is 1. The quantitative estimate of drug-likeness (QED) is 0.685. The highest BCUT2D eigenvalue weighted by molar-refractivity contribution is 14.1. The zero-order valence-corrected chi connectivity index (χ0v) is 10.4. The average molecular weight is 326 g/mol. The molecule has 0 atom stereocenters. The molecule has 1 aromatic carbocycles. The van der Waals surface area contributed by atoms with Gasteiger partial charge in [-0.05, 0) is 47.7 Å². The number of hydrogen-bond acceptors (Lipinski definition) is 2. The number of hydroxylamine groups is 1. The minimum absolute atomic E-state index is 0.263. The predicted octanol–water partition coefficient (Wildman–Crippen LogP) is 2.63. The molecule has 1 aromatic rings. The van der Waals surface area contributed by atoms with Crippen molar-refractivity contribution < 1.29 is 9.63 Å². The van der Waals surface area contributed by atoms with Crippen molar-refractivity contribution in [3.63, 3.8) is 0 Å². The molecule has 0 aliphatic carbocycles. The van der Waals surface area contributed by atoms with Gasteiger partial charge in [0.25, 0.3) is 5.91 Å². The summed E-state index contributed by atoms with van der Waals surface area (Å²) in [6, 6.07) is 5.04. The average Bonchev–Trinajstić information content (AvgIpc) is 2.18. The van der Waals surface area contributed by atoms with Gasteiger partial charge in [0.1, 0.15) is 0 Å². The summed E-state index contributed by atoms with van der Waals surface area (Å²) in [4.78, 5) is 16.2. The molecule has 1 rings (SSSR count). The summed E-state index contributed by atoms with van der Waals surface area (Å²) in [6.45, 7) is 2.24. The predicted molar refractivity (Wildman–Crippen MR) is 63.3 cm³/mol. The molecule has 3 nitrogen and oxygen atoms in total. The van der Waals surface area contributed by atoms with E-state index in [1.165, 1.54) is 0 Å². The molecule has 1 amide bonds. The summed E-state index contributed by atoms with van der Waals surface area (Å²) in [5.74, 6) is -0.263. The lowest BCUT2D eigenvalue weighted by atomic mass is 10.2. The molecule has 0 saturated heterocycles. The van der Waals surface area contributed by atoms with E-state index < -0.39 is 0 Å². The fraction of sp³-hybridized carbons (Fsp3) is 0.222. The van der Waals surface area contributed by atoms with E-state index in [-0.39, 0.29) is 5.91 Å². The molecule has 5 heteroatoms. The van der Waals surface area contributed by atoms with E-state index >= 15 is 0 Å². The second kappa shape index (κ2) is 5.53. The number of nitrogens with one attached hydrogen (secondary N) is 1. The van der Waals surface area contributed by atoms with Crippen molar-refractivity contribution >= 4 is 40.1 Å². The van der Waals surface area contributed by atoms with Crippen molar-refractivity contribution in [2.45, 2.75) is 6.92 Å². The number of halogens is 2. The van der Waals surface area contributed by atoms with Crippen LogP contribution in [0.4, 0.5) is 0 Å². The van der Waals surface area contributed by atoms with E-state index in [1.54, 1.807) is 25.1 Å². The maximum atomic E-state index is 11.4. The minimum Gasteiger partial charge on any atom is -0.274 e. The van der Waals surface area contributed by atoms with Gasteiger partial charge in [-0.1, -0.05) is 11.6 Å². The van der Waals surface area contributed by atoms with Gasteiger partial charge >= 0.3 is 0 Å². The van der Waals surface area contributed by atoms with E-state index in [9.17, 15) is 4.79 Å². The van der Waals surface area contributed by atoms with Crippen LogP contribution < -0.4 is 5.48 Å². The SMILES string of the molecule is CCONC(=O)c1ccc(Cl)c(I)c1. The van der Waals surface area contributed by atoms with Crippen LogP contribution in [0, 0.1) is 3.57 Å². The largest absolute Gasteiger partial charge is 0.274 e. The third kappa shape index (κ3) is 3.11. The molecule has 0 aliphatic rings. The maximum Gasteiger partial charge on any atom is 0.274 e. The zero-order chi connectivity index (χ0) is 10.6. The van der Waals surface area contributed by atoms with Crippen LogP contribution in [0.2, 0.25) is 5.02 Å². The third-order valence-electron chi connectivity index (χ3n) is 1.49. The van der Waals surface area contributed by atoms with Gasteiger partial charge in [-0.15, -0.1) is 0 Å². The van der Waals surface area contributed by atoms with Gasteiger partial charge in [0.05, 0.1) is 11.6 Å². The molecule has 0 spiro atoms. The first-order chi connectivity index (χ1) is 6.65. The van der Waals surface area contributed by atoms with E-state index in [1.807, 2.05) is 0 Å². The summed E-state index contributed by atoms with van der Waals surface area (Å²) in [6.07, 6.45) is 0. The first-order valence-corrected chi connectivity index (χ1v) is 5.48. The molecule has 1 N–H and O–H groups in total. The lowest BCUT2D eigenvalue weighted by molar-refractivity contribution is 0.0364. The smallest absolute Gasteiger partial charge is 0.274 e. The van der Waals surface area contributed by atoms with Gasteiger partial charge in [-0.25, -0.2) is 5.48 Å². The van der Waals surface area contributed by atoms with Gasteiger partial charge in [-0.2, -0.15) is 0 Å². The monoisotopic (exact) mass is 325 g/mol. The molecule has 0 saturated carbocycles. The molecule has 0 radical (unpaired) electrons. The van der Waals surface area contributed by atoms with Crippen LogP contribution in [-0.4, -0.2) is 12.5 Å². The lowest BCUT2D eigenvalue weighted by Gasteiger charge is -2.04. The summed E-state index contributed by atoms with van der Waals surface area (Å²) in [5.41, 5.74) is 2.84. The molecule has 0 heterocycles. The molecule has 76 valence electrons. The number of rotatable bonds is 3. The fourth-order valence-electron chi connectivity index (χ4n) is 0.834. The van der Waals surface area contributed by atoms with Crippen LogP contribution in [0.1, 0.15) is 17.3 Å². The Morgan fingerprint density at radius 3 is 2.93 bits per heavy atom. The third-order valence-corrected chi connectivity index (χ3v) is 3.03. The van der Waals surface area contributed by atoms with Crippen LogP contribution in [0.15, 0.2) is 18.2 Å². The van der Waals surface area contributed by atoms with Crippen molar-refractivity contribution in [1.29, 1.82) is 0 Å². The van der Waals surface area contributed by atoms with E-state index in [0.717, 1.165) is 3.57 Å².